The molecule has 1 N–H and O–H groups in total. The molecule has 0 aromatic heterocycles. The lowest BCUT2D eigenvalue weighted by molar-refractivity contribution is -0.275. The molecule has 0 aliphatic heterocycles. The molecule has 0 saturated heterocycles. The summed E-state index contributed by atoms with van der Waals surface area (Å²) in [6.45, 7) is 5.01. The van der Waals surface area contributed by atoms with Crippen molar-refractivity contribution in [3.8, 4) is 5.75 Å². The Morgan fingerprint density at radius 2 is 1.95 bits per heavy atom. The van der Waals surface area contributed by atoms with Gasteiger partial charge in [-0.3, -0.25) is 0 Å². The molecule has 0 saturated carbocycles. The number of benzene rings is 1. The van der Waals surface area contributed by atoms with Gasteiger partial charge in [-0.2, -0.15) is 0 Å². The van der Waals surface area contributed by atoms with Gasteiger partial charge >= 0.3 is 6.36 Å². The van der Waals surface area contributed by atoms with Crippen LogP contribution in [-0.2, 0) is 10.0 Å². The molecule has 1 aromatic carbocycles. The fourth-order valence-electron chi connectivity index (χ4n) is 1.18. The molecule has 0 aliphatic rings. The number of hydrogen-bond donors (Lipinski definition) is 1. The van der Waals surface area contributed by atoms with E-state index in [9.17, 15) is 21.6 Å². The number of para-hydroxylation sites is 1. The minimum absolute atomic E-state index is 0.0668. The summed E-state index contributed by atoms with van der Waals surface area (Å²) in [7, 11) is -4.09. The third kappa shape index (κ3) is 4.92. The molecule has 0 unspecified atom stereocenters. The lowest BCUT2D eigenvalue weighted by Crippen LogP contribution is -2.27. The summed E-state index contributed by atoms with van der Waals surface area (Å²) in [5, 5.41) is 0. The van der Waals surface area contributed by atoms with Crippen molar-refractivity contribution in [1.29, 1.82) is 0 Å². The third-order valence-electron chi connectivity index (χ3n) is 1.93. The molecule has 0 heterocycles. The van der Waals surface area contributed by atoms with Crippen LogP contribution in [0, 0.1) is 0 Å². The quantitative estimate of drug-likeness (QED) is 0.849. The molecular formula is C11H12F3NO3S. The van der Waals surface area contributed by atoms with Gasteiger partial charge in [0.05, 0.1) is 0 Å². The van der Waals surface area contributed by atoms with Gasteiger partial charge in [-0.15, -0.1) is 13.2 Å². The summed E-state index contributed by atoms with van der Waals surface area (Å²) >= 11 is 0. The van der Waals surface area contributed by atoms with Crippen LogP contribution in [0.4, 0.5) is 13.2 Å². The van der Waals surface area contributed by atoms with E-state index in [0.29, 0.717) is 5.57 Å². The average Bonchev–Trinajstić information content (AvgIpc) is 2.25. The van der Waals surface area contributed by atoms with Crippen LogP contribution < -0.4 is 9.46 Å². The molecule has 1 aromatic rings. The molecule has 0 atom stereocenters. The first kappa shape index (κ1) is 15.5. The van der Waals surface area contributed by atoms with Gasteiger partial charge in [0.15, 0.2) is 0 Å². The number of hydrogen-bond acceptors (Lipinski definition) is 3. The standard InChI is InChI=1S/C11H12F3NO3S/c1-8(2)7-15-19(16,17)10-6-4-3-5-9(10)18-11(12,13)14/h3-6,15H,1,7H2,2H3. The molecule has 0 radical (unpaired) electrons. The van der Waals surface area contributed by atoms with Gasteiger partial charge < -0.3 is 4.74 Å². The number of rotatable bonds is 5. The van der Waals surface area contributed by atoms with E-state index in [4.69, 9.17) is 0 Å². The zero-order valence-corrected chi connectivity index (χ0v) is 10.8. The van der Waals surface area contributed by atoms with Crippen molar-refractivity contribution in [3.05, 3.63) is 36.4 Å². The second-order valence-corrected chi connectivity index (χ2v) is 5.51. The van der Waals surface area contributed by atoms with Gasteiger partial charge in [-0.25, -0.2) is 13.1 Å². The zero-order chi connectivity index (χ0) is 14.7. The smallest absolute Gasteiger partial charge is 0.404 e. The van der Waals surface area contributed by atoms with E-state index < -0.39 is 27.0 Å². The van der Waals surface area contributed by atoms with E-state index in [-0.39, 0.29) is 6.54 Å². The Bertz CT molecular complexity index is 567. The van der Waals surface area contributed by atoms with Crippen molar-refractivity contribution in [2.75, 3.05) is 6.54 Å². The molecule has 0 fully saturated rings. The maximum Gasteiger partial charge on any atom is 0.573 e. The molecule has 0 bridgehead atoms. The van der Waals surface area contributed by atoms with Crippen molar-refractivity contribution >= 4 is 10.0 Å². The largest absolute Gasteiger partial charge is 0.573 e. The number of halogens is 3. The van der Waals surface area contributed by atoms with E-state index in [1.807, 2.05) is 0 Å². The topological polar surface area (TPSA) is 55.4 Å². The third-order valence-corrected chi connectivity index (χ3v) is 3.37. The Morgan fingerprint density at radius 1 is 1.37 bits per heavy atom. The monoisotopic (exact) mass is 295 g/mol. The summed E-state index contributed by atoms with van der Waals surface area (Å²) in [4.78, 5) is -0.575. The Hall–Kier alpha value is -1.54. The lowest BCUT2D eigenvalue weighted by atomic mass is 10.3. The van der Waals surface area contributed by atoms with Crippen molar-refractivity contribution in [2.45, 2.75) is 18.2 Å². The molecule has 19 heavy (non-hydrogen) atoms. The Kier molecular flexibility index (Phi) is 4.59. The molecule has 0 aliphatic carbocycles. The van der Waals surface area contributed by atoms with Crippen LogP contribution in [0.25, 0.3) is 0 Å². The van der Waals surface area contributed by atoms with E-state index in [1.54, 1.807) is 6.92 Å². The molecule has 1 rings (SSSR count). The maximum absolute atomic E-state index is 12.2. The number of sulfonamides is 1. The highest BCUT2D eigenvalue weighted by Gasteiger charge is 2.33. The Labute approximate surface area is 108 Å². The van der Waals surface area contributed by atoms with Gasteiger partial charge in [-0.05, 0) is 19.1 Å². The van der Waals surface area contributed by atoms with E-state index in [2.05, 4.69) is 16.0 Å². The fraction of sp³-hybridized carbons (Fsp3) is 0.273. The van der Waals surface area contributed by atoms with Gasteiger partial charge in [0.25, 0.3) is 0 Å². The van der Waals surface area contributed by atoms with Crippen LogP contribution in [0.1, 0.15) is 6.92 Å². The summed E-state index contributed by atoms with van der Waals surface area (Å²) in [6, 6.07) is 4.52. The summed E-state index contributed by atoms with van der Waals surface area (Å²) < 4.78 is 66.0. The predicted molar refractivity (Wildman–Crippen MR) is 63.1 cm³/mol. The van der Waals surface area contributed by atoms with Crippen molar-refractivity contribution in [3.63, 3.8) is 0 Å². The van der Waals surface area contributed by atoms with Gasteiger partial charge in [-0.1, -0.05) is 24.3 Å². The van der Waals surface area contributed by atoms with E-state index >= 15 is 0 Å². The summed E-state index contributed by atoms with van der Waals surface area (Å²) in [5.74, 6) is -0.774. The van der Waals surface area contributed by atoms with Gasteiger partial charge in [0, 0.05) is 6.54 Å². The number of alkyl halides is 3. The first-order valence-corrected chi connectivity index (χ1v) is 6.59. The second kappa shape index (κ2) is 5.62. The second-order valence-electron chi connectivity index (χ2n) is 3.78. The van der Waals surface area contributed by atoms with Crippen LogP contribution in [0.15, 0.2) is 41.3 Å². The normalized spacial score (nSPS) is 12.2. The van der Waals surface area contributed by atoms with Crippen LogP contribution >= 0.6 is 0 Å². The van der Waals surface area contributed by atoms with Gasteiger partial charge in [0.2, 0.25) is 10.0 Å². The minimum atomic E-state index is -4.96. The first-order chi connectivity index (χ1) is 8.62. The highest BCUT2D eigenvalue weighted by Crippen LogP contribution is 2.29. The van der Waals surface area contributed by atoms with E-state index in [1.165, 1.54) is 12.1 Å². The van der Waals surface area contributed by atoms with Crippen molar-refractivity contribution in [2.24, 2.45) is 0 Å². The number of ether oxygens (including phenoxy) is 1. The Balaban J connectivity index is 3.09. The molecular weight excluding hydrogens is 283 g/mol. The Morgan fingerprint density at radius 3 is 2.47 bits per heavy atom. The SMILES string of the molecule is C=C(C)CNS(=O)(=O)c1ccccc1OC(F)(F)F. The van der Waals surface area contributed by atoms with Crippen LogP contribution in [0.5, 0.6) is 5.75 Å². The summed E-state index contributed by atoms with van der Waals surface area (Å²) in [6.07, 6.45) is -4.96. The fourth-order valence-corrected chi connectivity index (χ4v) is 2.40. The molecule has 0 amide bonds. The van der Waals surface area contributed by atoms with Crippen molar-refractivity contribution < 1.29 is 26.3 Å². The zero-order valence-electron chi connectivity index (χ0n) is 9.99. The van der Waals surface area contributed by atoms with Crippen LogP contribution in [0.3, 0.4) is 0 Å². The molecule has 4 nitrogen and oxygen atoms in total. The van der Waals surface area contributed by atoms with Gasteiger partial charge in [0.1, 0.15) is 10.6 Å². The average molecular weight is 295 g/mol. The van der Waals surface area contributed by atoms with Crippen LogP contribution in [-0.4, -0.2) is 21.3 Å². The highest BCUT2D eigenvalue weighted by molar-refractivity contribution is 7.89. The summed E-state index contributed by atoms with van der Waals surface area (Å²) in [5.41, 5.74) is 0.526. The van der Waals surface area contributed by atoms with Crippen LogP contribution in [0.2, 0.25) is 0 Å². The highest BCUT2D eigenvalue weighted by atomic mass is 32.2. The molecule has 106 valence electrons. The van der Waals surface area contributed by atoms with E-state index in [0.717, 1.165) is 12.1 Å². The lowest BCUT2D eigenvalue weighted by Gasteiger charge is -2.13. The molecule has 0 spiro atoms. The minimum Gasteiger partial charge on any atom is -0.404 e. The number of nitrogens with one attached hydrogen (secondary N) is 1. The molecule has 8 heteroatoms. The predicted octanol–water partition coefficient (Wildman–Crippen LogP) is 2.44. The van der Waals surface area contributed by atoms with Crippen molar-refractivity contribution in [1.82, 2.24) is 4.72 Å². The first-order valence-electron chi connectivity index (χ1n) is 5.10. The maximum atomic E-state index is 12.2.